The van der Waals surface area contributed by atoms with Gasteiger partial charge in [0.15, 0.2) is 0 Å². The second kappa shape index (κ2) is 6.93. The van der Waals surface area contributed by atoms with E-state index in [1.165, 1.54) is 0 Å². The van der Waals surface area contributed by atoms with E-state index in [0.717, 1.165) is 22.2 Å². The molecule has 1 fully saturated rings. The molecule has 0 aliphatic carbocycles. The Morgan fingerprint density at radius 2 is 2.19 bits per heavy atom. The van der Waals surface area contributed by atoms with Crippen molar-refractivity contribution in [2.24, 2.45) is 0 Å². The van der Waals surface area contributed by atoms with Gasteiger partial charge in [-0.05, 0) is 40.0 Å². The Morgan fingerprint density at radius 3 is 2.81 bits per heavy atom. The van der Waals surface area contributed by atoms with E-state index in [-0.39, 0.29) is 24.4 Å². The van der Waals surface area contributed by atoms with E-state index in [4.69, 9.17) is 4.74 Å². The van der Waals surface area contributed by atoms with Gasteiger partial charge in [0.05, 0.1) is 18.1 Å². The molecule has 1 aromatic rings. The van der Waals surface area contributed by atoms with Crippen molar-refractivity contribution in [3.8, 4) is 5.75 Å². The molecular weight excluding hydrogens is 336 g/mol. The lowest BCUT2D eigenvalue weighted by atomic mass is 10.1. The van der Waals surface area contributed by atoms with Crippen molar-refractivity contribution in [1.29, 1.82) is 0 Å². The van der Waals surface area contributed by atoms with Crippen LogP contribution in [0.25, 0.3) is 0 Å². The number of carbonyl (C=O) groups excluding carboxylic acids is 2. The number of nitrogens with zero attached hydrogens (tertiary/aromatic N) is 1. The largest absolute Gasteiger partial charge is 0.496 e. The van der Waals surface area contributed by atoms with Gasteiger partial charge in [-0.15, -0.1) is 0 Å². The van der Waals surface area contributed by atoms with Crippen LogP contribution in [-0.2, 0) is 16.1 Å². The zero-order chi connectivity index (χ0) is 15.4. The van der Waals surface area contributed by atoms with Crippen molar-refractivity contribution in [3.63, 3.8) is 0 Å². The number of nitrogens with one attached hydrogen (secondary N) is 1. The molecule has 0 radical (unpaired) electrons. The smallest absolute Gasteiger partial charge is 0.243 e. The summed E-state index contributed by atoms with van der Waals surface area (Å²) in [5, 5.41) is 2.65. The SMILES string of the molecule is CCCC1C(=O)NCC(=O)N1Cc1ccc(OC)c(Br)c1. The second-order valence-electron chi connectivity index (χ2n) is 5.01. The first-order chi connectivity index (χ1) is 10.1. The lowest BCUT2D eigenvalue weighted by Crippen LogP contribution is -2.57. The van der Waals surface area contributed by atoms with Crippen LogP contribution in [0, 0.1) is 0 Å². The molecule has 0 spiro atoms. The Morgan fingerprint density at radius 1 is 1.43 bits per heavy atom. The Labute approximate surface area is 132 Å². The maximum absolute atomic E-state index is 12.1. The summed E-state index contributed by atoms with van der Waals surface area (Å²) in [5.41, 5.74) is 0.965. The molecule has 0 bridgehead atoms. The molecule has 114 valence electrons. The van der Waals surface area contributed by atoms with Crippen LogP contribution >= 0.6 is 15.9 Å². The molecule has 1 heterocycles. The first-order valence-corrected chi connectivity index (χ1v) is 7.75. The van der Waals surface area contributed by atoms with Crippen LogP contribution in [0.5, 0.6) is 5.75 Å². The second-order valence-corrected chi connectivity index (χ2v) is 5.87. The van der Waals surface area contributed by atoms with Crippen LogP contribution in [0.4, 0.5) is 0 Å². The van der Waals surface area contributed by atoms with Gasteiger partial charge >= 0.3 is 0 Å². The highest BCUT2D eigenvalue weighted by Crippen LogP contribution is 2.27. The van der Waals surface area contributed by atoms with E-state index in [1.54, 1.807) is 12.0 Å². The number of amides is 2. The van der Waals surface area contributed by atoms with Gasteiger partial charge in [-0.25, -0.2) is 0 Å². The number of hydrogen-bond acceptors (Lipinski definition) is 3. The first kappa shape index (κ1) is 15.8. The van der Waals surface area contributed by atoms with E-state index in [9.17, 15) is 9.59 Å². The number of halogens is 1. The zero-order valence-corrected chi connectivity index (χ0v) is 13.8. The van der Waals surface area contributed by atoms with Gasteiger partial charge in [-0.3, -0.25) is 9.59 Å². The predicted octanol–water partition coefficient (Wildman–Crippen LogP) is 2.08. The minimum atomic E-state index is -0.378. The number of rotatable bonds is 5. The maximum atomic E-state index is 12.1. The molecule has 1 N–H and O–H groups in total. The van der Waals surface area contributed by atoms with Crippen LogP contribution in [0.3, 0.4) is 0 Å². The predicted molar refractivity (Wildman–Crippen MR) is 82.9 cm³/mol. The monoisotopic (exact) mass is 354 g/mol. The standard InChI is InChI=1S/C15H19BrN2O3/c1-3-4-12-15(20)17-8-14(19)18(12)9-10-5-6-13(21-2)11(16)7-10/h5-7,12H,3-4,8-9H2,1-2H3,(H,17,20). The van der Waals surface area contributed by atoms with Crippen molar-refractivity contribution >= 4 is 27.7 Å². The molecule has 2 amide bonds. The minimum absolute atomic E-state index is 0.0417. The molecule has 0 saturated carbocycles. The average molecular weight is 355 g/mol. The number of benzene rings is 1. The third-order valence-electron chi connectivity index (χ3n) is 3.54. The summed E-state index contributed by atoms with van der Waals surface area (Å²) in [7, 11) is 1.61. The maximum Gasteiger partial charge on any atom is 0.243 e. The third kappa shape index (κ3) is 3.56. The summed E-state index contributed by atoms with van der Waals surface area (Å²) >= 11 is 3.44. The first-order valence-electron chi connectivity index (χ1n) is 6.96. The van der Waals surface area contributed by atoms with Gasteiger partial charge in [0.2, 0.25) is 11.8 Å². The lowest BCUT2D eigenvalue weighted by Gasteiger charge is -2.35. The summed E-state index contributed by atoms with van der Waals surface area (Å²) in [6.07, 6.45) is 1.53. The van der Waals surface area contributed by atoms with Crippen molar-refractivity contribution in [2.75, 3.05) is 13.7 Å². The van der Waals surface area contributed by atoms with Crippen molar-refractivity contribution in [3.05, 3.63) is 28.2 Å². The molecule has 6 heteroatoms. The molecule has 1 aliphatic heterocycles. The van der Waals surface area contributed by atoms with Crippen LogP contribution < -0.4 is 10.1 Å². The van der Waals surface area contributed by atoms with E-state index in [0.29, 0.717) is 13.0 Å². The minimum Gasteiger partial charge on any atom is -0.496 e. The fraction of sp³-hybridized carbons (Fsp3) is 0.467. The molecule has 21 heavy (non-hydrogen) atoms. The van der Waals surface area contributed by atoms with Crippen LogP contribution in [0.2, 0.25) is 0 Å². The van der Waals surface area contributed by atoms with E-state index < -0.39 is 0 Å². The van der Waals surface area contributed by atoms with Gasteiger partial charge in [-0.2, -0.15) is 0 Å². The van der Waals surface area contributed by atoms with E-state index in [1.807, 2.05) is 25.1 Å². The number of ether oxygens (including phenoxy) is 1. The zero-order valence-electron chi connectivity index (χ0n) is 12.2. The highest BCUT2D eigenvalue weighted by Gasteiger charge is 2.33. The molecular formula is C15H19BrN2O3. The van der Waals surface area contributed by atoms with Crippen molar-refractivity contribution in [2.45, 2.75) is 32.4 Å². The highest BCUT2D eigenvalue weighted by molar-refractivity contribution is 9.10. The van der Waals surface area contributed by atoms with Gasteiger partial charge in [0.1, 0.15) is 11.8 Å². The summed E-state index contributed by atoms with van der Waals surface area (Å²) in [5.74, 6) is 0.635. The van der Waals surface area contributed by atoms with Gasteiger partial charge in [-0.1, -0.05) is 19.4 Å². The molecule has 1 saturated heterocycles. The lowest BCUT2D eigenvalue weighted by molar-refractivity contribution is -0.146. The fourth-order valence-corrected chi connectivity index (χ4v) is 3.05. The molecule has 0 aromatic heterocycles. The molecule has 1 unspecified atom stereocenters. The van der Waals surface area contributed by atoms with E-state index in [2.05, 4.69) is 21.2 Å². The number of hydrogen-bond donors (Lipinski definition) is 1. The highest BCUT2D eigenvalue weighted by atomic mass is 79.9. The third-order valence-corrected chi connectivity index (χ3v) is 4.16. The number of methoxy groups -OCH3 is 1. The Balaban J connectivity index is 2.20. The molecule has 1 aromatic carbocycles. The number of piperazine rings is 1. The Bertz CT molecular complexity index is 548. The topological polar surface area (TPSA) is 58.6 Å². The summed E-state index contributed by atoms with van der Waals surface area (Å²) in [6.45, 7) is 2.52. The van der Waals surface area contributed by atoms with Crippen LogP contribution in [0.15, 0.2) is 22.7 Å². The molecule has 5 nitrogen and oxygen atoms in total. The Kier molecular flexibility index (Phi) is 5.22. The molecule has 1 atom stereocenters. The van der Waals surface area contributed by atoms with Crippen molar-refractivity contribution < 1.29 is 14.3 Å². The Hall–Kier alpha value is -1.56. The van der Waals surface area contributed by atoms with Gasteiger partial charge < -0.3 is 15.0 Å². The van der Waals surface area contributed by atoms with Crippen LogP contribution in [-0.4, -0.2) is 36.4 Å². The van der Waals surface area contributed by atoms with Crippen LogP contribution in [0.1, 0.15) is 25.3 Å². The van der Waals surface area contributed by atoms with Gasteiger partial charge in [0.25, 0.3) is 0 Å². The summed E-state index contributed by atoms with van der Waals surface area (Å²) in [4.78, 5) is 25.7. The number of carbonyl (C=O) groups is 2. The fourth-order valence-electron chi connectivity index (χ4n) is 2.46. The van der Waals surface area contributed by atoms with E-state index >= 15 is 0 Å². The summed E-state index contributed by atoms with van der Waals surface area (Å²) < 4.78 is 6.03. The van der Waals surface area contributed by atoms with Crippen molar-refractivity contribution in [1.82, 2.24) is 10.2 Å². The average Bonchev–Trinajstić information content (AvgIpc) is 2.47. The van der Waals surface area contributed by atoms with Gasteiger partial charge in [0, 0.05) is 6.54 Å². The quantitative estimate of drug-likeness (QED) is 0.880. The molecule has 1 aliphatic rings. The normalized spacial score (nSPS) is 18.6. The molecule has 2 rings (SSSR count). The summed E-state index contributed by atoms with van der Waals surface area (Å²) in [6, 6.07) is 5.30.